The third-order valence-corrected chi connectivity index (χ3v) is 2.77. The van der Waals surface area contributed by atoms with E-state index in [0.717, 1.165) is 0 Å². The smallest absolute Gasteiger partial charge is 0.177 e. The van der Waals surface area contributed by atoms with E-state index >= 15 is 0 Å². The Balaban J connectivity index is 2.45. The van der Waals surface area contributed by atoms with Crippen LogP contribution in [0.15, 0.2) is 42.5 Å². The van der Waals surface area contributed by atoms with Gasteiger partial charge in [-0.05, 0) is 11.6 Å². The number of rotatable bonds is 2. The van der Waals surface area contributed by atoms with Crippen molar-refractivity contribution >= 4 is 11.6 Å². The van der Waals surface area contributed by atoms with Crippen LogP contribution >= 0.6 is 11.6 Å². The molecule has 0 bridgehead atoms. The van der Waals surface area contributed by atoms with E-state index in [4.69, 9.17) is 11.6 Å². The van der Waals surface area contributed by atoms with Crippen LogP contribution in [0.5, 0.6) is 0 Å². The molecule has 0 aromatic heterocycles. The fourth-order valence-electron chi connectivity index (χ4n) is 1.57. The molecule has 17 heavy (non-hydrogen) atoms. The second-order valence-electron chi connectivity index (χ2n) is 3.58. The Bertz CT molecular complexity index is 528. The fourth-order valence-corrected chi connectivity index (χ4v) is 1.71. The van der Waals surface area contributed by atoms with Crippen molar-refractivity contribution in [2.75, 3.05) is 0 Å². The summed E-state index contributed by atoms with van der Waals surface area (Å²) in [6, 6.07) is 11.0. The lowest BCUT2D eigenvalue weighted by molar-refractivity contribution is 0.213. The summed E-state index contributed by atoms with van der Waals surface area (Å²) in [5, 5.41) is 9.64. The molecule has 0 heterocycles. The predicted molar refractivity (Wildman–Crippen MR) is 61.9 cm³/mol. The van der Waals surface area contributed by atoms with Gasteiger partial charge in [0.2, 0.25) is 0 Å². The Hall–Kier alpha value is -1.45. The average molecular weight is 255 g/mol. The predicted octanol–water partition coefficient (Wildman–Crippen LogP) is 3.70. The van der Waals surface area contributed by atoms with Crippen molar-refractivity contribution in [1.29, 1.82) is 0 Å². The van der Waals surface area contributed by atoms with Gasteiger partial charge in [-0.25, -0.2) is 8.78 Å². The zero-order valence-electron chi connectivity index (χ0n) is 8.70. The van der Waals surface area contributed by atoms with Crippen molar-refractivity contribution in [3.63, 3.8) is 0 Å². The van der Waals surface area contributed by atoms with Crippen LogP contribution in [-0.2, 0) is 0 Å². The van der Waals surface area contributed by atoms with E-state index in [0.29, 0.717) is 5.56 Å². The molecule has 1 unspecified atom stereocenters. The zero-order valence-corrected chi connectivity index (χ0v) is 9.46. The van der Waals surface area contributed by atoms with E-state index in [1.807, 2.05) is 0 Å². The van der Waals surface area contributed by atoms with Gasteiger partial charge in [0.15, 0.2) is 11.6 Å². The van der Waals surface area contributed by atoms with E-state index in [2.05, 4.69) is 0 Å². The molecule has 0 spiro atoms. The lowest BCUT2D eigenvalue weighted by Gasteiger charge is -2.13. The molecule has 1 N–H and O–H groups in total. The van der Waals surface area contributed by atoms with Gasteiger partial charge < -0.3 is 5.11 Å². The number of benzene rings is 2. The summed E-state index contributed by atoms with van der Waals surface area (Å²) in [6.07, 6.45) is -1.21. The van der Waals surface area contributed by atoms with E-state index in [1.54, 1.807) is 30.3 Å². The van der Waals surface area contributed by atoms with E-state index in [1.165, 1.54) is 12.1 Å². The van der Waals surface area contributed by atoms with E-state index in [9.17, 15) is 13.9 Å². The van der Waals surface area contributed by atoms with Crippen molar-refractivity contribution in [1.82, 2.24) is 0 Å². The SMILES string of the molecule is OC(c1ccccc1)c1ccc(Cl)c(F)c1F. The molecular formula is C13H9ClF2O. The highest BCUT2D eigenvalue weighted by Gasteiger charge is 2.19. The standard InChI is InChI=1S/C13H9ClF2O/c14-10-7-6-9(11(15)12(10)16)13(17)8-4-2-1-3-5-8/h1-7,13,17H. The fraction of sp³-hybridized carbons (Fsp3) is 0.0769. The number of hydrogen-bond donors (Lipinski definition) is 1. The summed E-state index contributed by atoms with van der Waals surface area (Å²) in [4.78, 5) is 0. The minimum atomic E-state index is -1.21. The Morgan fingerprint density at radius 3 is 2.24 bits per heavy atom. The maximum absolute atomic E-state index is 13.6. The van der Waals surface area contributed by atoms with Crippen molar-refractivity contribution in [2.45, 2.75) is 6.10 Å². The molecule has 0 fully saturated rings. The summed E-state index contributed by atoms with van der Waals surface area (Å²) < 4.78 is 26.8. The molecule has 88 valence electrons. The van der Waals surface area contributed by atoms with Crippen molar-refractivity contribution in [2.24, 2.45) is 0 Å². The lowest BCUT2D eigenvalue weighted by atomic mass is 10.0. The molecule has 0 aliphatic rings. The third-order valence-electron chi connectivity index (χ3n) is 2.47. The highest BCUT2D eigenvalue weighted by molar-refractivity contribution is 6.30. The summed E-state index contributed by atoms with van der Waals surface area (Å²) in [6.45, 7) is 0. The maximum Gasteiger partial charge on any atom is 0.177 e. The molecule has 0 aliphatic carbocycles. The second kappa shape index (κ2) is 4.82. The second-order valence-corrected chi connectivity index (χ2v) is 3.98. The van der Waals surface area contributed by atoms with Crippen LogP contribution < -0.4 is 0 Å². The Kier molecular flexibility index (Phi) is 3.41. The minimum Gasteiger partial charge on any atom is -0.384 e. The van der Waals surface area contributed by atoms with Gasteiger partial charge in [-0.15, -0.1) is 0 Å². The largest absolute Gasteiger partial charge is 0.384 e. The summed E-state index contributed by atoms with van der Waals surface area (Å²) in [5.74, 6) is -2.26. The molecule has 0 saturated heterocycles. The van der Waals surface area contributed by atoms with Crippen LogP contribution in [0.2, 0.25) is 5.02 Å². The molecular weight excluding hydrogens is 246 g/mol. The number of aliphatic hydroxyl groups is 1. The first-order chi connectivity index (χ1) is 8.11. The molecule has 2 rings (SSSR count). The first-order valence-corrected chi connectivity index (χ1v) is 5.35. The van der Waals surface area contributed by atoms with Crippen LogP contribution in [0.3, 0.4) is 0 Å². The molecule has 0 aliphatic heterocycles. The van der Waals surface area contributed by atoms with Gasteiger partial charge in [0, 0.05) is 5.56 Å². The highest BCUT2D eigenvalue weighted by atomic mass is 35.5. The molecule has 1 atom stereocenters. The Labute approximate surface area is 102 Å². The van der Waals surface area contributed by atoms with Crippen LogP contribution in [0.1, 0.15) is 17.2 Å². The van der Waals surface area contributed by atoms with Crippen LogP contribution in [0, 0.1) is 11.6 Å². The van der Waals surface area contributed by atoms with Gasteiger partial charge >= 0.3 is 0 Å². The van der Waals surface area contributed by atoms with Crippen LogP contribution in [-0.4, -0.2) is 5.11 Å². The summed E-state index contributed by atoms with van der Waals surface area (Å²) in [5.41, 5.74) is 0.367. The zero-order chi connectivity index (χ0) is 12.4. The van der Waals surface area contributed by atoms with Gasteiger partial charge in [-0.1, -0.05) is 48.0 Å². The average Bonchev–Trinajstić information content (AvgIpc) is 2.36. The first kappa shape index (κ1) is 12.0. The van der Waals surface area contributed by atoms with Crippen LogP contribution in [0.4, 0.5) is 8.78 Å². The number of halogens is 3. The van der Waals surface area contributed by atoms with Gasteiger partial charge in [-0.3, -0.25) is 0 Å². The van der Waals surface area contributed by atoms with Gasteiger partial charge in [0.25, 0.3) is 0 Å². The Morgan fingerprint density at radius 1 is 0.941 bits per heavy atom. The summed E-state index contributed by atoms with van der Waals surface area (Å²) in [7, 11) is 0. The Morgan fingerprint density at radius 2 is 1.59 bits per heavy atom. The molecule has 1 nitrogen and oxygen atoms in total. The molecule has 4 heteroatoms. The van der Waals surface area contributed by atoms with E-state index < -0.39 is 17.7 Å². The van der Waals surface area contributed by atoms with Gasteiger partial charge in [0.1, 0.15) is 6.10 Å². The third kappa shape index (κ3) is 2.30. The maximum atomic E-state index is 13.6. The van der Waals surface area contributed by atoms with Crippen molar-refractivity contribution < 1.29 is 13.9 Å². The van der Waals surface area contributed by atoms with Gasteiger partial charge in [-0.2, -0.15) is 0 Å². The minimum absolute atomic E-state index is 0.127. The van der Waals surface area contributed by atoms with Crippen molar-refractivity contribution in [3.8, 4) is 0 Å². The molecule has 2 aromatic carbocycles. The summed E-state index contributed by atoms with van der Waals surface area (Å²) >= 11 is 5.44. The topological polar surface area (TPSA) is 20.2 Å². The molecule has 0 amide bonds. The molecule has 0 saturated carbocycles. The number of hydrogen-bond acceptors (Lipinski definition) is 1. The van der Waals surface area contributed by atoms with E-state index in [-0.39, 0.29) is 10.6 Å². The van der Waals surface area contributed by atoms with Crippen LogP contribution in [0.25, 0.3) is 0 Å². The van der Waals surface area contributed by atoms with Crippen molar-refractivity contribution in [3.05, 3.63) is 70.2 Å². The monoisotopic (exact) mass is 254 g/mol. The normalized spacial score (nSPS) is 12.5. The molecule has 0 radical (unpaired) electrons. The first-order valence-electron chi connectivity index (χ1n) is 4.97. The lowest BCUT2D eigenvalue weighted by Crippen LogP contribution is -2.04. The van der Waals surface area contributed by atoms with Gasteiger partial charge in [0.05, 0.1) is 5.02 Å². The highest BCUT2D eigenvalue weighted by Crippen LogP contribution is 2.28. The quantitative estimate of drug-likeness (QED) is 0.810. The molecule has 2 aromatic rings. The number of aliphatic hydroxyl groups excluding tert-OH is 1.